The SMILES string of the molecule is CC(C)CC(NC(=O)C(CCCCN)NC(=O)C(C)N)C(=O)NCC(=O)O. The van der Waals surface area contributed by atoms with E-state index in [1.165, 1.54) is 6.92 Å². The molecule has 0 aliphatic rings. The van der Waals surface area contributed by atoms with E-state index in [1.807, 2.05) is 13.8 Å². The molecule has 27 heavy (non-hydrogen) atoms. The zero-order chi connectivity index (χ0) is 21.0. The summed E-state index contributed by atoms with van der Waals surface area (Å²) < 4.78 is 0. The first kappa shape index (κ1) is 24.8. The monoisotopic (exact) mass is 387 g/mol. The van der Waals surface area contributed by atoms with Crippen molar-refractivity contribution in [3.8, 4) is 0 Å². The molecule has 3 atom stereocenters. The summed E-state index contributed by atoms with van der Waals surface area (Å²) in [5.41, 5.74) is 11.0. The van der Waals surface area contributed by atoms with Crippen molar-refractivity contribution < 1.29 is 24.3 Å². The Kier molecular flexibility index (Phi) is 12.0. The van der Waals surface area contributed by atoms with Crippen molar-refractivity contribution in [3.05, 3.63) is 0 Å². The Morgan fingerprint density at radius 3 is 2.00 bits per heavy atom. The number of rotatable bonds is 13. The van der Waals surface area contributed by atoms with Gasteiger partial charge in [-0.3, -0.25) is 19.2 Å². The van der Waals surface area contributed by atoms with E-state index in [1.54, 1.807) is 0 Å². The van der Waals surface area contributed by atoms with Crippen LogP contribution in [0.1, 0.15) is 46.5 Å². The average molecular weight is 387 g/mol. The summed E-state index contributed by atoms with van der Waals surface area (Å²) in [6.45, 7) is 5.18. The number of carbonyl (C=O) groups is 4. The van der Waals surface area contributed by atoms with Crippen molar-refractivity contribution in [1.82, 2.24) is 16.0 Å². The lowest BCUT2D eigenvalue weighted by molar-refractivity contribution is -0.138. The second-order valence-electron chi connectivity index (χ2n) is 6.94. The molecule has 0 rings (SSSR count). The van der Waals surface area contributed by atoms with E-state index in [4.69, 9.17) is 16.6 Å². The maximum atomic E-state index is 12.6. The molecular formula is C17H33N5O5. The van der Waals surface area contributed by atoms with E-state index in [0.29, 0.717) is 32.2 Å². The topological polar surface area (TPSA) is 177 Å². The van der Waals surface area contributed by atoms with Crippen molar-refractivity contribution >= 4 is 23.7 Å². The van der Waals surface area contributed by atoms with Gasteiger partial charge in [-0.25, -0.2) is 0 Å². The lowest BCUT2D eigenvalue weighted by Crippen LogP contribution is -2.56. The van der Waals surface area contributed by atoms with Gasteiger partial charge in [0.15, 0.2) is 0 Å². The smallest absolute Gasteiger partial charge is 0.322 e. The molecule has 3 amide bonds. The summed E-state index contributed by atoms with van der Waals surface area (Å²) in [6.07, 6.45) is 1.99. The third kappa shape index (κ3) is 11.2. The predicted octanol–water partition coefficient (Wildman–Crippen LogP) is -1.32. The second kappa shape index (κ2) is 13.0. The largest absolute Gasteiger partial charge is 0.480 e. The van der Waals surface area contributed by atoms with Crippen molar-refractivity contribution in [2.24, 2.45) is 17.4 Å². The lowest BCUT2D eigenvalue weighted by atomic mass is 10.0. The minimum atomic E-state index is -1.18. The summed E-state index contributed by atoms with van der Waals surface area (Å²) >= 11 is 0. The zero-order valence-electron chi connectivity index (χ0n) is 16.3. The molecule has 0 spiro atoms. The van der Waals surface area contributed by atoms with Crippen LogP contribution in [0.25, 0.3) is 0 Å². The molecule has 156 valence electrons. The fraction of sp³-hybridized carbons (Fsp3) is 0.765. The number of hydrogen-bond acceptors (Lipinski definition) is 6. The normalized spacial score (nSPS) is 14.1. The van der Waals surface area contributed by atoms with Crippen LogP contribution in [0.4, 0.5) is 0 Å². The van der Waals surface area contributed by atoms with Gasteiger partial charge in [-0.05, 0) is 45.1 Å². The molecule has 0 aliphatic carbocycles. The van der Waals surface area contributed by atoms with Gasteiger partial charge in [0.1, 0.15) is 18.6 Å². The van der Waals surface area contributed by atoms with Crippen LogP contribution in [0.5, 0.6) is 0 Å². The summed E-state index contributed by atoms with van der Waals surface area (Å²) in [6, 6.07) is -2.53. The molecule has 10 heteroatoms. The van der Waals surface area contributed by atoms with Gasteiger partial charge in [0, 0.05) is 0 Å². The first-order valence-electron chi connectivity index (χ1n) is 9.14. The van der Waals surface area contributed by atoms with Crippen LogP contribution >= 0.6 is 0 Å². The van der Waals surface area contributed by atoms with Crippen molar-refractivity contribution in [2.75, 3.05) is 13.1 Å². The second-order valence-corrected chi connectivity index (χ2v) is 6.94. The van der Waals surface area contributed by atoms with Gasteiger partial charge in [0.05, 0.1) is 6.04 Å². The minimum absolute atomic E-state index is 0.0835. The van der Waals surface area contributed by atoms with Crippen molar-refractivity contribution in [2.45, 2.75) is 64.6 Å². The molecule has 0 aliphatic heterocycles. The fourth-order valence-electron chi connectivity index (χ4n) is 2.33. The number of unbranched alkanes of at least 4 members (excludes halogenated alkanes) is 1. The molecule has 0 saturated carbocycles. The Labute approximate surface area is 159 Å². The highest BCUT2D eigenvalue weighted by molar-refractivity contribution is 5.93. The highest BCUT2D eigenvalue weighted by atomic mass is 16.4. The average Bonchev–Trinajstić information content (AvgIpc) is 2.57. The van der Waals surface area contributed by atoms with E-state index in [2.05, 4.69) is 16.0 Å². The number of carboxylic acids is 1. The number of nitrogens with two attached hydrogens (primary N) is 2. The molecule has 0 aromatic heterocycles. The molecule has 0 bridgehead atoms. The molecule has 3 unspecified atom stereocenters. The van der Waals surface area contributed by atoms with E-state index >= 15 is 0 Å². The van der Waals surface area contributed by atoms with Gasteiger partial charge in [-0.2, -0.15) is 0 Å². The molecular weight excluding hydrogens is 354 g/mol. The Morgan fingerprint density at radius 1 is 0.926 bits per heavy atom. The first-order chi connectivity index (χ1) is 12.6. The van der Waals surface area contributed by atoms with Crippen molar-refractivity contribution in [3.63, 3.8) is 0 Å². The van der Waals surface area contributed by atoms with E-state index < -0.39 is 48.4 Å². The fourth-order valence-corrected chi connectivity index (χ4v) is 2.33. The molecule has 0 fully saturated rings. The molecule has 10 nitrogen and oxygen atoms in total. The van der Waals surface area contributed by atoms with Crippen LogP contribution in [-0.4, -0.2) is 60.0 Å². The molecule has 0 aromatic carbocycles. The van der Waals surface area contributed by atoms with Gasteiger partial charge < -0.3 is 32.5 Å². The van der Waals surface area contributed by atoms with Gasteiger partial charge in [-0.15, -0.1) is 0 Å². The summed E-state index contributed by atoms with van der Waals surface area (Å²) in [5, 5.41) is 16.2. The van der Waals surface area contributed by atoms with Gasteiger partial charge in [0.25, 0.3) is 0 Å². The molecule has 0 heterocycles. The van der Waals surface area contributed by atoms with Crippen LogP contribution in [0.3, 0.4) is 0 Å². The third-order valence-corrected chi connectivity index (χ3v) is 3.75. The summed E-state index contributed by atoms with van der Waals surface area (Å²) in [4.78, 5) is 47.4. The number of carbonyl (C=O) groups excluding carboxylic acids is 3. The first-order valence-corrected chi connectivity index (χ1v) is 9.14. The van der Waals surface area contributed by atoms with Gasteiger partial charge >= 0.3 is 5.97 Å². The third-order valence-electron chi connectivity index (χ3n) is 3.75. The maximum Gasteiger partial charge on any atom is 0.322 e. The Hall–Kier alpha value is -2.20. The van der Waals surface area contributed by atoms with E-state index in [0.717, 1.165) is 0 Å². The maximum absolute atomic E-state index is 12.6. The Balaban J connectivity index is 5.10. The van der Waals surface area contributed by atoms with Crippen LogP contribution in [0.2, 0.25) is 0 Å². The number of hydrogen-bond donors (Lipinski definition) is 6. The molecule has 0 radical (unpaired) electrons. The quantitative estimate of drug-likeness (QED) is 0.212. The number of nitrogens with one attached hydrogen (secondary N) is 3. The summed E-state index contributed by atoms with van der Waals surface area (Å²) in [5.74, 6) is -2.67. The van der Waals surface area contributed by atoms with Gasteiger partial charge in [-0.1, -0.05) is 13.8 Å². The Bertz CT molecular complexity index is 510. The zero-order valence-corrected chi connectivity index (χ0v) is 16.3. The molecule has 0 aromatic rings. The van der Waals surface area contributed by atoms with Crippen LogP contribution in [0, 0.1) is 5.92 Å². The number of carboxylic acid groups (broad SMARTS) is 1. The van der Waals surface area contributed by atoms with Crippen LogP contribution in [-0.2, 0) is 19.2 Å². The number of aliphatic carboxylic acids is 1. The molecule has 0 saturated heterocycles. The molecule has 8 N–H and O–H groups in total. The minimum Gasteiger partial charge on any atom is -0.480 e. The lowest BCUT2D eigenvalue weighted by Gasteiger charge is -2.24. The van der Waals surface area contributed by atoms with Crippen LogP contribution in [0.15, 0.2) is 0 Å². The van der Waals surface area contributed by atoms with E-state index in [-0.39, 0.29) is 5.92 Å². The predicted molar refractivity (Wildman–Crippen MR) is 101 cm³/mol. The standard InChI is InChI=1S/C17H33N5O5/c1-10(2)8-13(16(26)20-9-14(23)24)22-17(27)12(6-4-5-7-18)21-15(25)11(3)19/h10-13H,4-9,18-19H2,1-3H3,(H,20,26)(H,21,25)(H,22,27)(H,23,24). The highest BCUT2D eigenvalue weighted by Gasteiger charge is 2.27. The van der Waals surface area contributed by atoms with Crippen molar-refractivity contribution in [1.29, 1.82) is 0 Å². The summed E-state index contributed by atoms with van der Waals surface area (Å²) in [7, 11) is 0. The Morgan fingerprint density at radius 2 is 1.52 bits per heavy atom. The highest BCUT2D eigenvalue weighted by Crippen LogP contribution is 2.07. The van der Waals surface area contributed by atoms with Gasteiger partial charge in [0.2, 0.25) is 17.7 Å². The number of amides is 3. The van der Waals surface area contributed by atoms with E-state index in [9.17, 15) is 19.2 Å². The van der Waals surface area contributed by atoms with Crippen LogP contribution < -0.4 is 27.4 Å².